The molecule has 2 aromatic rings. The van der Waals surface area contributed by atoms with Gasteiger partial charge in [0, 0.05) is 18.0 Å². The summed E-state index contributed by atoms with van der Waals surface area (Å²) in [6, 6.07) is 12.5. The quantitative estimate of drug-likeness (QED) is 0.758. The zero-order valence-corrected chi connectivity index (χ0v) is 15.9. The highest BCUT2D eigenvalue weighted by Gasteiger charge is 2.43. The van der Waals surface area contributed by atoms with Gasteiger partial charge < -0.3 is 9.64 Å². The van der Waals surface area contributed by atoms with Crippen LogP contribution < -0.4 is 4.74 Å². The molecule has 4 rings (SSSR count). The van der Waals surface area contributed by atoms with Gasteiger partial charge in [0.05, 0.1) is 23.3 Å². The average molecular weight is 404 g/mol. The minimum atomic E-state index is 0.0292. The lowest BCUT2D eigenvalue weighted by Crippen LogP contribution is -2.28. The Morgan fingerprint density at radius 3 is 2.88 bits per heavy atom. The molecule has 4 nitrogen and oxygen atoms in total. The van der Waals surface area contributed by atoms with E-state index in [-0.39, 0.29) is 12.1 Å². The van der Waals surface area contributed by atoms with Crippen LogP contribution in [0.2, 0.25) is 0 Å². The monoisotopic (exact) mass is 403 g/mol. The maximum Gasteiger partial charge on any atom is 0.160 e. The number of fused-ring (bicyclic) bond motifs is 1. The molecule has 1 fully saturated rings. The molecule has 0 spiro atoms. The van der Waals surface area contributed by atoms with Gasteiger partial charge in [0.1, 0.15) is 11.8 Å². The van der Waals surface area contributed by atoms with Gasteiger partial charge in [-0.2, -0.15) is 0 Å². The number of hydrogen-bond acceptors (Lipinski definition) is 5. The van der Waals surface area contributed by atoms with Gasteiger partial charge in [-0.3, -0.25) is 9.98 Å². The van der Waals surface area contributed by atoms with Gasteiger partial charge in [-0.1, -0.05) is 30.8 Å². The third-order valence-electron chi connectivity index (χ3n) is 4.40. The number of rotatable bonds is 3. The number of methoxy groups -OCH3 is 1. The zero-order chi connectivity index (χ0) is 16.7. The molecule has 1 saturated heterocycles. The molecule has 0 amide bonds. The minimum absolute atomic E-state index is 0.0292. The Morgan fingerprint density at radius 1 is 1.29 bits per heavy atom. The fraction of sp³-hybridized carbons (Fsp3) is 0.333. The lowest BCUT2D eigenvalue weighted by Gasteiger charge is -2.27. The number of benzene rings is 1. The minimum Gasteiger partial charge on any atom is -0.496 e. The summed E-state index contributed by atoms with van der Waals surface area (Å²) in [6.45, 7) is 3.27. The Hall–Kier alpha value is -1.53. The van der Waals surface area contributed by atoms with Crippen molar-refractivity contribution in [1.29, 1.82) is 0 Å². The molecule has 0 bridgehead atoms. The van der Waals surface area contributed by atoms with Gasteiger partial charge >= 0.3 is 0 Å². The molecular weight excluding hydrogens is 386 g/mol. The molecule has 0 unspecified atom stereocenters. The number of nitrogens with zero attached hydrogens (tertiary/aromatic N) is 3. The summed E-state index contributed by atoms with van der Waals surface area (Å²) in [5.74, 6) is 0.844. The van der Waals surface area contributed by atoms with Gasteiger partial charge in [-0.05, 0) is 45.8 Å². The molecule has 6 heteroatoms. The van der Waals surface area contributed by atoms with Crippen LogP contribution >= 0.6 is 27.7 Å². The lowest BCUT2D eigenvalue weighted by atomic mass is 9.96. The largest absolute Gasteiger partial charge is 0.496 e. The van der Waals surface area contributed by atoms with Gasteiger partial charge in [0.15, 0.2) is 5.17 Å². The Kier molecular flexibility index (Phi) is 4.26. The normalized spacial score (nSPS) is 25.5. The fourth-order valence-electron chi connectivity index (χ4n) is 3.34. The summed E-state index contributed by atoms with van der Waals surface area (Å²) in [5.41, 5.74) is 2.25. The summed E-state index contributed by atoms with van der Waals surface area (Å²) in [7, 11) is 1.69. The zero-order valence-electron chi connectivity index (χ0n) is 13.5. The van der Waals surface area contributed by atoms with Crippen molar-refractivity contribution in [2.75, 3.05) is 13.7 Å². The predicted molar refractivity (Wildman–Crippen MR) is 102 cm³/mol. The standard InChI is InChI=1S/C18H18BrN3OS/c1-11-10-22-17(12-6-7-15(23-2)13(19)9-12)16(21-18(22)24-11)14-5-3-4-8-20-14/h3-9,11,16-17H,10H2,1-2H3/t11-,16+,17+/m0/s1. The fourth-order valence-corrected chi connectivity index (χ4v) is 5.00. The van der Waals surface area contributed by atoms with E-state index in [0.717, 1.165) is 27.6 Å². The highest BCUT2D eigenvalue weighted by atomic mass is 79.9. The first kappa shape index (κ1) is 16.0. The Labute approximate surface area is 154 Å². The maximum absolute atomic E-state index is 5.37. The Morgan fingerprint density at radius 2 is 2.17 bits per heavy atom. The summed E-state index contributed by atoms with van der Waals surface area (Å²) in [6.07, 6.45) is 1.84. The Balaban J connectivity index is 1.77. The van der Waals surface area contributed by atoms with Crippen molar-refractivity contribution in [2.24, 2.45) is 4.99 Å². The SMILES string of the molecule is COc1ccc([C@@H]2[C@@H](c3ccccn3)N=C3S[C@@H](C)CN32)cc1Br. The van der Waals surface area contributed by atoms with Crippen molar-refractivity contribution in [3.05, 3.63) is 58.3 Å². The van der Waals surface area contributed by atoms with E-state index in [0.29, 0.717) is 5.25 Å². The number of pyridine rings is 1. The van der Waals surface area contributed by atoms with Crippen molar-refractivity contribution in [3.8, 4) is 5.75 Å². The number of ether oxygens (including phenoxy) is 1. The summed E-state index contributed by atoms with van der Waals surface area (Å²) < 4.78 is 6.34. The lowest BCUT2D eigenvalue weighted by molar-refractivity contribution is 0.320. The van der Waals surface area contributed by atoms with Gasteiger partial charge in [-0.25, -0.2) is 0 Å². The van der Waals surface area contributed by atoms with Crippen LogP contribution in [0.15, 0.2) is 52.1 Å². The second kappa shape index (κ2) is 6.41. The smallest absolute Gasteiger partial charge is 0.160 e. The van der Waals surface area contributed by atoms with Crippen molar-refractivity contribution in [2.45, 2.75) is 24.3 Å². The van der Waals surface area contributed by atoms with E-state index in [1.807, 2.05) is 36.2 Å². The molecule has 1 aromatic heterocycles. The van der Waals surface area contributed by atoms with Gasteiger partial charge in [0.25, 0.3) is 0 Å². The highest BCUT2D eigenvalue weighted by molar-refractivity contribution is 9.10. The molecule has 1 aromatic carbocycles. The first-order valence-electron chi connectivity index (χ1n) is 7.93. The first-order valence-corrected chi connectivity index (χ1v) is 9.60. The van der Waals surface area contributed by atoms with E-state index in [4.69, 9.17) is 9.73 Å². The van der Waals surface area contributed by atoms with Crippen LogP contribution in [0.3, 0.4) is 0 Å². The van der Waals surface area contributed by atoms with Crippen LogP contribution in [0.4, 0.5) is 0 Å². The molecule has 3 heterocycles. The van der Waals surface area contributed by atoms with Crippen LogP contribution in [-0.4, -0.2) is 34.0 Å². The average Bonchev–Trinajstić information content (AvgIpc) is 3.11. The van der Waals surface area contributed by atoms with Crippen molar-refractivity contribution in [1.82, 2.24) is 9.88 Å². The number of halogens is 1. The van der Waals surface area contributed by atoms with Gasteiger partial charge in [0.2, 0.25) is 0 Å². The second-order valence-corrected chi connectivity index (χ2v) is 8.29. The van der Waals surface area contributed by atoms with Crippen LogP contribution in [0.25, 0.3) is 0 Å². The number of thioether (sulfide) groups is 1. The van der Waals surface area contributed by atoms with Crippen molar-refractivity contribution >= 4 is 32.9 Å². The Bertz CT molecular complexity index is 783. The van der Waals surface area contributed by atoms with E-state index < -0.39 is 0 Å². The number of amidine groups is 1. The molecule has 0 saturated carbocycles. The molecule has 0 N–H and O–H groups in total. The van der Waals surface area contributed by atoms with Crippen LogP contribution in [0.1, 0.15) is 30.3 Å². The van der Waals surface area contributed by atoms with E-state index in [1.165, 1.54) is 5.56 Å². The van der Waals surface area contributed by atoms with E-state index >= 15 is 0 Å². The molecule has 2 aliphatic rings. The van der Waals surface area contributed by atoms with Crippen LogP contribution in [0.5, 0.6) is 5.75 Å². The summed E-state index contributed by atoms with van der Waals surface area (Å²) in [5, 5.41) is 1.70. The first-order chi connectivity index (χ1) is 11.7. The molecule has 0 radical (unpaired) electrons. The highest BCUT2D eigenvalue weighted by Crippen LogP contribution is 2.48. The van der Waals surface area contributed by atoms with Crippen molar-refractivity contribution in [3.63, 3.8) is 0 Å². The van der Waals surface area contributed by atoms with E-state index in [1.54, 1.807) is 7.11 Å². The molecule has 2 aliphatic heterocycles. The second-order valence-electron chi connectivity index (χ2n) is 6.03. The molecular formula is C18H18BrN3OS. The van der Waals surface area contributed by atoms with Gasteiger partial charge in [-0.15, -0.1) is 0 Å². The number of hydrogen-bond donors (Lipinski definition) is 0. The third-order valence-corrected chi connectivity index (χ3v) is 6.12. The molecule has 124 valence electrons. The predicted octanol–water partition coefficient (Wildman–Crippen LogP) is 4.44. The maximum atomic E-state index is 5.37. The number of aromatic nitrogens is 1. The molecule has 0 aliphatic carbocycles. The summed E-state index contributed by atoms with van der Waals surface area (Å²) >= 11 is 5.47. The molecule has 3 atom stereocenters. The molecule has 24 heavy (non-hydrogen) atoms. The third kappa shape index (κ3) is 2.71. The van der Waals surface area contributed by atoms with Crippen LogP contribution in [0, 0.1) is 0 Å². The number of aliphatic imine (C=N–C) groups is 1. The van der Waals surface area contributed by atoms with Crippen molar-refractivity contribution < 1.29 is 4.74 Å². The van der Waals surface area contributed by atoms with E-state index in [9.17, 15) is 0 Å². The topological polar surface area (TPSA) is 37.7 Å². The summed E-state index contributed by atoms with van der Waals surface area (Å²) in [4.78, 5) is 12.0. The van der Waals surface area contributed by atoms with Crippen LogP contribution in [-0.2, 0) is 0 Å². The van der Waals surface area contributed by atoms with E-state index in [2.05, 4.69) is 50.9 Å².